The lowest BCUT2D eigenvalue weighted by Crippen LogP contribution is -2.18. The van der Waals surface area contributed by atoms with Crippen LogP contribution in [-0.2, 0) is 11.2 Å². The zero-order valence-electron chi connectivity index (χ0n) is 10.9. The molecule has 0 radical (unpaired) electrons. The van der Waals surface area contributed by atoms with E-state index >= 15 is 0 Å². The minimum absolute atomic E-state index is 0.0835. The van der Waals surface area contributed by atoms with E-state index in [0.29, 0.717) is 13.0 Å². The molecule has 2 aromatic rings. The van der Waals surface area contributed by atoms with Gasteiger partial charge in [-0.3, -0.25) is 4.79 Å². The Kier molecular flexibility index (Phi) is 3.49. The minimum atomic E-state index is -0.0835. The molecule has 2 nitrogen and oxygen atoms in total. The first kappa shape index (κ1) is 12.6. The molecule has 0 amide bonds. The summed E-state index contributed by atoms with van der Waals surface area (Å²) in [6.07, 6.45) is 1.30. The van der Waals surface area contributed by atoms with Crippen LogP contribution in [0, 0.1) is 6.92 Å². The van der Waals surface area contributed by atoms with Crippen molar-refractivity contribution in [3.63, 3.8) is 0 Å². The Morgan fingerprint density at radius 1 is 1.32 bits per heavy atom. The highest BCUT2D eigenvalue weighted by molar-refractivity contribution is 7.14. The Labute approximate surface area is 117 Å². The zero-order chi connectivity index (χ0) is 13.2. The van der Waals surface area contributed by atoms with Crippen LogP contribution in [0.1, 0.15) is 38.2 Å². The van der Waals surface area contributed by atoms with Gasteiger partial charge in [0.05, 0.1) is 17.6 Å². The fraction of sp³-hybridized carbons (Fsp3) is 0.312. The van der Waals surface area contributed by atoms with E-state index in [0.717, 1.165) is 11.3 Å². The monoisotopic (exact) mass is 272 g/mol. The second-order valence-corrected chi connectivity index (χ2v) is 6.13. The highest BCUT2D eigenvalue weighted by Gasteiger charge is 2.24. The van der Waals surface area contributed by atoms with E-state index in [1.54, 1.807) is 11.3 Å². The molecule has 0 saturated heterocycles. The highest BCUT2D eigenvalue weighted by atomic mass is 32.1. The summed E-state index contributed by atoms with van der Waals surface area (Å²) in [6.45, 7) is 2.73. The standard InChI is InChI=1S/C16H16O2S/c1-11-6-7-16(19-11)14(17)10-15-13-5-3-2-4-12(13)8-9-18-15/h2-7,15H,8-10H2,1H3. The number of hydrogen-bond acceptors (Lipinski definition) is 3. The van der Waals surface area contributed by atoms with E-state index < -0.39 is 0 Å². The van der Waals surface area contributed by atoms with Crippen molar-refractivity contribution in [3.05, 3.63) is 57.3 Å². The predicted octanol–water partition coefficient (Wildman–Crippen LogP) is 3.94. The van der Waals surface area contributed by atoms with Gasteiger partial charge in [-0.25, -0.2) is 0 Å². The molecule has 0 saturated carbocycles. The van der Waals surface area contributed by atoms with Gasteiger partial charge in [-0.05, 0) is 36.6 Å². The number of benzene rings is 1. The Bertz CT molecular complexity index is 600. The molecule has 1 aliphatic heterocycles. The normalized spacial score (nSPS) is 18.1. The molecule has 1 aliphatic rings. The summed E-state index contributed by atoms with van der Waals surface area (Å²) < 4.78 is 5.79. The van der Waals surface area contributed by atoms with E-state index in [2.05, 4.69) is 12.1 Å². The van der Waals surface area contributed by atoms with Gasteiger partial charge < -0.3 is 4.74 Å². The molecular formula is C16H16O2S. The van der Waals surface area contributed by atoms with Crippen molar-refractivity contribution < 1.29 is 9.53 Å². The van der Waals surface area contributed by atoms with Gasteiger partial charge in [-0.15, -0.1) is 11.3 Å². The third kappa shape index (κ3) is 2.62. The van der Waals surface area contributed by atoms with Crippen molar-refractivity contribution >= 4 is 17.1 Å². The van der Waals surface area contributed by atoms with Gasteiger partial charge in [-0.1, -0.05) is 24.3 Å². The molecule has 0 aliphatic carbocycles. The maximum absolute atomic E-state index is 12.3. The number of carbonyl (C=O) groups is 1. The average Bonchev–Trinajstić information content (AvgIpc) is 2.86. The summed E-state index contributed by atoms with van der Waals surface area (Å²) in [5.41, 5.74) is 2.49. The van der Waals surface area contributed by atoms with Gasteiger partial charge in [0.2, 0.25) is 0 Å². The molecule has 0 bridgehead atoms. The average molecular weight is 272 g/mol. The number of rotatable bonds is 3. The number of ether oxygens (including phenoxy) is 1. The number of fused-ring (bicyclic) bond motifs is 1. The molecule has 19 heavy (non-hydrogen) atoms. The number of carbonyl (C=O) groups excluding carboxylic acids is 1. The quantitative estimate of drug-likeness (QED) is 0.791. The summed E-state index contributed by atoms with van der Waals surface area (Å²) in [4.78, 5) is 14.3. The number of ketones is 1. The lowest BCUT2D eigenvalue weighted by atomic mass is 9.94. The van der Waals surface area contributed by atoms with Crippen LogP contribution < -0.4 is 0 Å². The van der Waals surface area contributed by atoms with Crippen LogP contribution in [0.15, 0.2) is 36.4 Å². The number of aryl methyl sites for hydroxylation is 1. The van der Waals surface area contributed by atoms with E-state index in [-0.39, 0.29) is 11.9 Å². The van der Waals surface area contributed by atoms with E-state index in [1.165, 1.54) is 16.0 Å². The maximum atomic E-state index is 12.3. The molecule has 0 fully saturated rings. The molecule has 98 valence electrons. The van der Waals surface area contributed by atoms with Gasteiger partial charge in [-0.2, -0.15) is 0 Å². The third-order valence-electron chi connectivity index (χ3n) is 3.48. The van der Waals surface area contributed by atoms with Crippen LogP contribution in [0.4, 0.5) is 0 Å². The van der Waals surface area contributed by atoms with Crippen LogP contribution in [0.5, 0.6) is 0 Å². The first-order chi connectivity index (χ1) is 9.24. The lowest BCUT2D eigenvalue weighted by molar-refractivity contribution is 0.0353. The topological polar surface area (TPSA) is 26.3 Å². The first-order valence-electron chi connectivity index (χ1n) is 6.53. The van der Waals surface area contributed by atoms with Crippen molar-refractivity contribution in [1.82, 2.24) is 0 Å². The molecule has 2 heterocycles. The molecule has 3 heteroatoms. The van der Waals surface area contributed by atoms with Crippen LogP contribution in [0.2, 0.25) is 0 Å². The summed E-state index contributed by atoms with van der Waals surface area (Å²) in [5, 5.41) is 0. The summed E-state index contributed by atoms with van der Waals surface area (Å²) in [6, 6.07) is 12.2. The van der Waals surface area contributed by atoms with Crippen molar-refractivity contribution in [3.8, 4) is 0 Å². The largest absolute Gasteiger partial charge is 0.373 e. The van der Waals surface area contributed by atoms with Crippen molar-refractivity contribution in [2.24, 2.45) is 0 Å². The molecule has 1 unspecified atom stereocenters. The number of Topliss-reactive ketones (excluding diaryl/α,β-unsaturated/α-hetero) is 1. The van der Waals surface area contributed by atoms with E-state index in [4.69, 9.17) is 4.74 Å². The van der Waals surface area contributed by atoms with Gasteiger partial charge in [0.25, 0.3) is 0 Å². The summed E-state index contributed by atoms with van der Waals surface area (Å²) in [7, 11) is 0. The Hall–Kier alpha value is -1.45. The molecule has 0 spiro atoms. The maximum Gasteiger partial charge on any atom is 0.175 e. The van der Waals surface area contributed by atoms with Crippen molar-refractivity contribution in [2.45, 2.75) is 25.9 Å². The zero-order valence-corrected chi connectivity index (χ0v) is 11.7. The van der Waals surface area contributed by atoms with Crippen molar-refractivity contribution in [2.75, 3.05) is 6.61 Å². The van der Waals surface area contributed by atoms with Crippen LogP contribution in [-0.4, -0.2) is 12.4 Å². The summed E-state index contributed by atoms with van der Waals surface area (Å²) in [5.74, 6) is 0.180. The second-order valence-electron chi connectivity index (χ2n) is 4.85. The fourth-order valence-electron chi connectivity index (χ4n) is 2.50. The number of hydrogen-bond donors (Lipinski definition) is 0. The fourth-order valence-corrected chi connectivity index (χ4v) is 3.32. The molecule has 3 rings (SSSR count). The Morgan fingerprint density at radius 3 is 2.95 bits per heavy atom. The van der Waals surface area contributed by atoms with Crippen LogP contribution in [0.25, 0.3) is 0 Å². The third-order valence-corrected chi connectivity index (χ3v) is 4.52. The molecule has 1 aromatic heterocycles. The van der Waals surface area contributed by atoms with Gasteiger partial charge >= 0.3 is 0 Å². The summed E-state index contributed by atoms with van der Waals surface area (Å²) >= 11 is 1.56. The van der Waals surface area contributed by atoms with Gasteiger partial charge in [0.15, 0.2) is 5.78 Å². The van der Waals surface area contributed by atoms with Gasteiger partial charge in [0.1, 0.15) is 0 Å². The molecule has 0 N–H and O–H groups in total. The van der Waals surface area contributed by atoms with Gasteiger partial charge in [0, 0.05) is 11.3 Å². The highest BCUT2D eigenvalue weighted by Crippen LogP contribution is 2.31. The Balaban J connectivity index is 1.79. The van der Waals surface area contributed by atoms with Crippen molar-refractivity contribution in [1.29, 1.82) is 0 Å². The van der Waals surface area contributed by atoms with E-state index in [9.17, 15) is 4.79 Å². The minimum Gasteiger partial charge on any atom is -0.373 e. The number of thiophene rings is 1. The molecule has 1 aromatic carbocycles. The lowest BCUT2D eigenvalue weighted by Gasteiger charge is -2.25. The smallest absolute Gasteiger partial charge is 0.175 e. The molecule has 1 atom stereocenters. The Morgan fingerprint density at radius 2 is 2.16 bits per heavy atom. The van der Waals surface area contributed by atoms with Crippen LogP contribution in [0.3, 0.4) is 0 Å². The van der Waals surface area contributed by atoms with E-state index in [1.807, 2.05) is 31.2 Å². The van der Waals surface area contributed by atoms with Crippen LogP contribution >= 0.6 is 11.3 Å². The predicted molar refractivity (Wildman–Crippen MR) is 76.8 cm³/mol. The second kappa shape index (κ2) is 5.27. The SMILES string of the molecule is Cc1ccc(C(=O)CC2OCCc3ccccc32)s1. The molecular weight excluding hydrogens is 256 g/mol. The first-order valence-corrected chi connectivity index (χ1v) is 7.35.